The van der Waals surface area contributed by atoms with Gasteiger partial charge in [0.1, 0.15) is 0 Å². The van der Waals surface area contributed by atoms with Crippen molar-refractivity contribution < 1.29 is 23.1 Å². The van der Waals surface area contributed by atoms with E-state index in [0.29, 0.717) is 12.1 Å². The number of aliphatic hydroxyl groups excluding tert-OH is 1. The van der Waals surface area contributed by atoms with Crippen LogP contribution in [0, 0.1) is 5.92 Å². The van der Waals surface area contributed by atoms with Crippen molar-refractivity contribution in [2.45, 2.75) is 18.6 Å². The van der Waals surface area contributed by atoms with Crippen molar-refractivity contribution in [1.82, 2.24) is 5.32 Å². The Kier molecular flexibility index (Phi) is 5.38. The molecule has 0 spiro atoms. The Morgan fingerprint density at radius 2 is 2.04 bits per heavy atom. The van der Waals surface area contributed by atoms with Crippen molar-refractivity contribution in [1.29, 1.82) is 0 Å². The summed E-state index contributed by atoms with van der Waals surface area (Å²) in [5.74, 6) is -0.0413. The molecule has 2 atom stereocenters. The second kappa shape index (κ2) is 7.12. The highest BCUT2D eigenvalue weighted by Crippen LogP contribution is 2.37. The molecule has 0 aliphatic heterocycles. The van der Waals surface area contributed by atoms with Crippen LogP contribution in [0.1, 0.15) is 12.0 Å². The number of carbonyl (C=O) groups excluding carboxylic acids is 1. The number of urea groups is 1. The van der Waals surface area contributed by atoms with Gasteiger partial charge in [0.15, 0.2) is 0 Å². The van der Waals surface area contributed by atoms with Gasteiger partial charge in [-0.3, -0.25) is 0 Å². The van der Waals surface area contributed by atoms with Gasteiger partial charge in [0.05, 0.1) is 11.3 Å². The molecule has 3 N–H and O–H groups in total. The van der Waals surface area contributed by atoms with Crippen LogP contribution in [0.5, 0.6) is 0 Å². The molecule has 8 heteroatoms. The fourth-order valence-corrected chi connectivity index (χ4v) is 2.50. The standard InChI is InChI=1S/C16H20F3N3O2/c1-22(2)12-5-6-14(13(8-12)16(17,18)19)21-15(24)20-11-4-3-10(7-11)9-23/h3-6,8,10-11,23H,7,9H2,1-2H3,(H2,20,21,24)/t10-,11+/m0/s1. The van der Waals surface area contributed by atoms with Crippen LogP contribution in [0.3, 0.4) is 0 Å². The third-order valence-corrected chi connectivity index (χ3v) is 3.80. The smallest absolute Gasteiger partial charge is 0.396 e. The Labute approximate surface area is 138 Å². The molecule has 2 amide bonds. The van der Waals surface area contributed by atoms with Crippen LogP contribution in [0.25, 0.3) is 0 Å². The SMILES string of the molecule is CN(C)c1ccc(NC(=O)N[C@@H]2C=C[C@H](CO)C2)c(C(F)(F)F)c1. The monoisotopic (exact) mass is 343 g/mol. The summed E-state index contributed by atoms with van der Waals surface area (Å²) >= 11 is 0. The molecule has 0 saturated carbocycles. The molecule has 1 aliphatic carbocycles. The number of nitrogens with one attached hydrogen (secondary N) is 2. The van der Waals surface area contributed by atoms with Crippen molar-refractivity contribution in [2.24, 2.45) is 5.92 Å². The van der Waals surface area contributed by atoms with E-state index in [1.807, 2.05) is 0 Å². The first-order valence-corrected chi connectivity index (χ1v) is 7.46. The molecule has 1 aliphatic rings. The lowest BCUT2D eigenvalue weighted by Gasteiger charge is -2.19. The summed E-state index contributed by atoms with van der Waals surface area (Å²) in [6.07, 6.45) is -0.558. The van der Waals surface area contributed by atoms with E-state index < -0.39 is 17.8 Å². The first-order chi connectivity index (χ1) is 11.2. The van der Waals surface area contributed by atoms with E-state index in [-0.39, 0.29) is 24.3 Å². The molecule has 5 nitrogen and oxygen atoms in total. The highest BCUT2D eigenvalue weighted by atomic mass is 19.4. The van der Waals surface area contributed by atoms with Gasteiger partial charge < -0.3 is 20.6 Å². The van der Waals surface area contributed by atoms with Gasteiger partial charge in [-0.05, 0) is 24.6 Å². The summed E-state index contributed by atoms with van der Waals surface area (Å²) in [7, 11) is 3.28. The van der Waals surface area contributed by atoms with Gasteiger partial charge in [-0.15, -0.1) is 0 Å². The number of amides is 2. The maximum atomic E-state index is 13.2. The van der Waals surface area contributed by atoms with Crippen molar-refractivity contribution >= 4 is 17.4 Å². The summed E-state index contributed by atoms with van der Waals surface area (Å²) in [4.78, 5) is 13.5. The van der Waals surface area contributed by atoms with E-state index in [9.17, 15) is 18.0 Å². The number of halogens is 3. The number of alkyl halides is 3. The average molecular weight is 343 g/mol. The predicted molar refractivity (Wildman–Crippen MR) is 86.0 cm³/mol. The van der Waals surface area contributed by atoms with Crippen LogP contribution >= 0.6 is 0 Å². The first kappa shape index (κ1) is 18.1. The van der Waals surface area contributed by atoms with Crippen molar-refractivity contribution in [3.8, 4) is 0 Å². The molecule has 0 saturated heterocycles. The van der Waals surface area contributed by atoms with Crippen LogP contribution in [-0.4, -0.2) is 37.9 Å². The lowest BCUT2D eigenvalue weighted by Crippen LogP contribution is -2.36. The third kappa shape index (κ3) is 4.41. The topological polar surface area (TPSA) is 64.6 Å². The van der Waals surface area contributed by atoms with Gasteiger partial charge in [-0.25, -0.2) is 4.79 Å². The van der Waals surface area contributed by atoms with E-state index in [1.165, 1.54) is 12.1 Å². The fourth-order valence-electron chi connectivity index (χ4n) is 2.50. The molecular weight excluding hydrogens is 323 g/mol. The molecule has 1 aromatic carbocycles. The Morgan fingerprint density at radius 1 is 1.33 bits per heavy atom. The number of benzene rings is 1. The second-order valence-electron chi connectivity index (χ2n) is 5.89. The summed E-state index contributed by atoms with van der Waals surface area (Å²) in [6, 6.07) is 2.71. The van der Waals surface area contributed by atoms with Gasteiger partial charge in [-0.1, -0.05) is 12.2 Å². The van der Waals surface area contributed by atoms with Gasteiger partial charge in [0.25, 0.3) is 0 Å². The first-order valence-electron chi connectivity index (χ1n) is 7.46. The van der Waals surface area contributed by atoms with Crippen LogP contribution in [-0.2, 0) is 6.18 Å². The normalized spacial score (nSPS) is 20.1. The van der Waals surface area contributed by atoms with Crippen LogP contribution in [0.4, 0.5) is 29.3 Å². The maximum absolute atomic E-state index is 13.2. The highest BCUT2D eigenvalue weighted by molar-refractivity contribution is 5.91. The van der Waals surface area contributed by atoms with Crippen LogP contribution < -0.4 is 15.5 Å². The van der Waals surface area contributed by atoms with E-state index in [4.69, 9.17) is 5.11 Å². The molecule has 0 radical (unpaired) electrons. The molecule has 24 heavy (non-hydrogen) atoms. The number of nitrogens with zero attached hydrogens (tertiary/aromatic N) is 1. The second-order valence-corrected chi connectivity index (χ2v) is 5.89. The molecule has 0 heterocycles. The van der Waals surface area contributed by atoms with Crippen molar-refractivity contribution in [3.63, 3.8) is 0 Å². The Hall–Kier alpha value is -2.22. The molecule has 132 valence electrons. The van der Waals surface area contributed by atoms with Gasteiger partial charge in [0.2, 0.25) is 0 Å². The van der Waals surface area contributed by atoms with E-state index >= 15 is 0 Å². The average Bonchev–Trinajstić information content (AvgIpc) is 2.93. The molecule has 0 fully saturated rings. The van der Waals surface area contributed by atoms with Gasteiger partial charge in [0, 0.05) is 38.3 Å². The molecule has 1 aromatic rings. The van der Waals surface area contributed by atoms with E-state index in [1.54, 1.807) is 31.1 Å². The van der Waals surface area contributed by atoms with Gasteiger partial charge in [-0.2, -0.15) is 13.2 Å². The zero-order chi connectivity index (χ0) is 17.9. The highest BCUT2D eigenvalue weighted by Gasteiger charge is 2.34. The zero-order valence-electron chi connectivity index (χ0n) is 13.4. The fraction of sp³-hybridized carbons (Fsp3) is 0.438. The lowest BCUT2D eigenvalue weighted by atomic mass is 10.1. The van der Waals surface area contributed by atoms with E-state index in [2.05, 4.69) is 10.6 Å². The number of aliphatic hydroxyl groups is 1. The van der Waals surface area contributed by atoms with Crippen LogP contribution in [0.2, 0.25) is 0 Å². The summed E-state index contributed by atoms with van der Waals surface area (Å²) in [5.41, 5.74) is -0.817. The maximum Gasteiger partial charge on any atom is 0.418 e. The number of carbonyl (C=O) groups is 1. The van der Waals surface area contributed by atoms with E-state index in [0.717, 1.165) is 6.07 Å². The molecular formula is C16H20F3N3O2. The molecule has 0 aromatic heterocycles. The quantitative estimate of drug-likeness (QED) is 0.737. The number of hydrogen-bond acceptors (Lipinski definition) is 3. The largest absolute Gasteiger partial charge is 0.418 e. The third-order valence-electron chi connectivity index (χ3n) is 3.80. The molecule has 2 rings (SSSR count). The van der Waals surface area contributed by atoms with Gasteiger partial charge >= 0.3 is 12.2 Å². The number of anilines is 2. The minimum Gasteiger partial charge on any atom is -0.396 e. The lowest BCUT2D eigenvalue weighted by molar-refractivity contribution is -0.136. The minimum atomic E-state index is -4.58. The Balaban J connectivity index is 2.11. The summed E-state index contributed by atoms with van der Waals surface area (Å²) < 4.78 is 39.6. The Bertz CT molecular complexity index is 629. The summed E-state index contributed by atoms with van der Waals surface area (Å²) in [6.45, 7) is -0.0273. The zero-order valence-corrected chi connectivity index (χ0v) is 13.4. The number of hydrogen-bond donors (Lipinski definition) is 3. The predicted octanol–water partition coefficient (Wildman–Crippen LogP) is 2.83. The Morgan fingerprint density at radius 3 is 2.58 bits per heavy atom. The van der Waals surface area contributed by atoms with Crippen molar-refractivity contribution in [2.75, 3.05) is 30.9 Å². The minimum absolute atomic E-state index is 0.0273. The number of rotatable bonds is 4. The van der Waals surface area contributed by atoms with Crippen LogP contribution in [0.15, 0.2) is 30.4 Å². The summed E-state index contributed by atoms with van der Waals surface area (Å²) in [5, 5.41) is 13.9. The molecule has 0 unspecified atom stereocenters. The molecule has 0 bridgehead atoms. The van der Waals surface area contributed by atoms with Crippen molar-refractivity contribution in [3.05, 3.63) is 35.9 Å².